The molecule has 0 unspecified atom stereocenters. The smallest absolute Gasteiger partial charge is 0.00931 e. The van der Waals surface area contributed by atoms with Crippen molar-refractivity contribution in [2.75, 3.05) is 0 Å². The van der Waals surface area contributed by atoms with Crippen LogP contribution in [0.4, 0.5) is 0 Å². The fraction of sp³-hybridized carbons (Fsp3) is 0.333. The maximum absolute atomic E-state index is 2.30. The first-order valence-corrected chi connectivity index (χ1v) is 7.05. The predicted octanol–water partition coefficient (Wildman–Crippen LogP) is 5.13. The highest BCUT2D eigenvalue weighted by molar-refractivity contribution is 5.29. The molecule has 0 spiro atoms. The molecule has 0 aliphatic heterocycles. The zero-order valence-electron chi connectivity index (χ0n) is 10.8. The van der Waals surface area contributed by atoms with Crippen LogP contribution in [0, 0.1) is 0 Å². The van der Waals surface area contributed by atoms with Crippen LogP contribution in [0.5, 0.6) is 0 Å². The van der Waals surface area contributed by atoms with E-state index in [0.717, 1.165) is 0 Å². The summed E-state index contributed by atoms with van der Waals surface area (Å²) in [5.74, 6) is 1.42. The van der Waals surface area contributed by atoms with E-state index in [9.17, 15) is 0 Å². The molecule has 0 nitrogen and oxygen atoms in total. The molecular weight excluding hydrogens is 216 g/mol. The molecule has 0 heteroatoms. The minimum absolute atomic E-state index is 0.711. The van der Waals surface area contributed by atoms with E-state index in [0.29, 0.717) is 11.8 Å². The predicted molar refractivity (Wildman–Crippen MR) is 76.8 cm³/mol. The molecule has 0 N–H and O–H groups in total. The molecule has 2 aromatic carbocycles. The second-order valence-corrected chi connectivity index (χ2v) is 5.32. The van der Waals surface area contributed by atoms with Gasteiger partial charge in [-0.15, -0.1) is 0 Å². The fourth-order valence-corrected chi connectivity index (χ4v) is 3.33. The number of benzene rings is 2. The summed E-state index contributed by atoms with van der Waals surface area (Å²) < 4.78 is 0. The molecule has 3 rings (SSSR count). The highest BCUT2D eigenvalue weighted by Gasteiger charge is 2.27. The van der Waals surface area contributed by atoms with Gasteiger partial charge >= 0.3 is 0 Å². The van der Waals surface area contributed by atoms with Gasteiger partial charge in [-0.25, -0.2) is 0 Å². The van der Waals surface area contributed by atoms with Gasteiger partial charge in [0.15, 0.2) is 0 Å². The van der Waals surface area contributed by atoms with E-state index < -0.39 is 0 Å². The summed E-state index contributed by atoms with van der Waals surface area (Å²) in [7, 11) is 0. The third-order valence-electron chi connectivity index (χ3n) is 4.22. The molecule has 1 aliphatic rings. The second-order valence-electron chi connectivity index (χ2n) is 5.32. The molecule has 18 heavy (non-hydrogen) atoms. The van der Waals surface area contributed by atoms with Crippen molar-refractivity contribution in [3.63, 3.8) is 0 Å². The summed E-state index contributed by atoms with van der Waals surface area (Å²) in [5.41, 5.74) is 3.04. The van der Waals surface area contributed by atoms with Crippen molar-refractivity contribution < 1.29 is 0 Å². The molecule has 1 aliphatic carbocycles. The molecular formula is C18H20. The van der Waals surface area contributed by atoms with Crippen molar-refractivity contribution in [1.29, 1.82) is 0 Å². The Morgan fingerprint density at radius 2 is 0.944 bits per heavy atom. The SMILES string of the molecule is c1ccc([C@H]2CCCC[C@@H]2c2ccccc2)cc1. The molecule has 1 saturated carbocycles. The van der Waals surface area contributed by atoms with Gasteiger partial charge in [-0.05, 0) is 35.8 Å². The zero-order valence-corrected chi connectivity index (χ0v) is 10.8. The summed E-state index contributed by atoms with van der Waals surface area (Å²) in [4.78, 5) is 0. The molecule has 0 radical (unpaired) electrons. The molecule has 1 fully saturated rings. The number of hydrogen-bond donors (Lipinski definition) is 0. The topological polar surface area (TPSA) is 0 Å². The van der Waals surface area contributed by atoms with Crippen LogP contribution in [0.3, 0.4) is 0 Å². The molecule has 92 valence electrons. The second kappa shape index (κ2) is 5.39. The van der Waals surface area contributed by atoms with Crippen molar-refractivity contribution in [2.45, 2.75) is 37.5 Å². The summed E-state index contributed by atoms with van der Waals surface area (Å²) in [6.45, 7) is 0. The van der Waals surface area contributed by atoms with Crippen molar-refractivity contribution in [3.05, 3.63) is 71.8 Å². The first-order chi connectivity index (χ1) is 8.95. The normalized spacial score (nSPS) is 23.8. The van der Waals surface area contributed by atoms with Crippen molar-refractivity contribution >= 4 is 0 Å². The van der Waals surface area contributed by atoms with E-state index in [1.54, 1.807) is 0 Å². The lowest BCUT2D eigenvalue weighted by Gasteiger charge is -2.32. The molecule has 0 amide bonds. The number of hydrogen-bond acceptors (Lipinski definition) is 0. The Morgan fingerprint density at radius 1 is 0.556 bits per heavy atom. The van der Waals surface area contributed by atoms with Gasteiger partial charge in [0.2, 0.25) is 0 Å². The lowest BCUT2D eigenvalue weighted by molar-refractivity contribution is 0.386. The van der Waals surface area contributed by atoms with Crippen LogP contribution in [-0.2, 0) is 0 Å². The van der Waals surface area contributed by atoms with Crippen LogP contribution in [-0.4, -0.2) is 0 Å². The first kappa shape index (κ1) is 11.5. The van der Waals surface area contributed by atoms with Crippen LogP contribution in [0.15, 0.2) is 60.7 Å². The van der Waals surface area contributed by atoms with Gasteiger partial charge < -0.3 is 0 Å². The van der Waals surface area contributed by atoms with Gasteiger partial charge in [0.25, 0.3) is 0 Å². The Balaban J connectivity index is 1.92. The molecule has 0 heterocycles. The van der Waals surface area contributed by atoms with E-state index in [1.807, 2.05) is 0 Å². The highest BCUT2D eigenvalue weighted by atomic mass is 14.3. The van der Waals surface area contributed by atoms with Gasteiger partial charge in [0, 0.05) is 0 Å². The molecule has 0 saturated heterocycles. The summed E-state index contributed by atoms with van der Waals surface area (Å²) in [6.07, 6.45) is 5.43. The van der Waals surface area contributed by atoms with Crippen molar-refractivity contribution in [1.82, 2.24) is 0 Å². The lowest BCUT2D eigenvalue weighted by atomic mass is 9.72. The minimum Gasteiger partial charge on any atom is -0.0622 e. The quantitative estimate of drug-likeness (QED) is 0.678. The van der Waals surface area contributed by atoms with E-state index in [2.05, 4.69) is 60.7 Å². The highest BCUT2D eigenvalue weighted by Crippen LogP contribution is 2.43. The van der Waals surface area contributed by atoms with Gasteiger partial charge in [-0.1, -0.05) is 73.5 Å². The van der Waals surface area contributed by atoms with Crippen LogP contribution < -0.4 is 0 Å². The van der Waals surface area contributed by atoms with Crippen molar-refractivity contribution in [3.8, 4) is 0 Å². The van der Waals surface area contributed by atoms with Crippen LogP contribution in [0.2, 0.25) is 0 Å². The van der Waals surface area contributed by atoms with E-state index in [-0.39, 0.29) is 0 Å². The third kappa shape index (κ3) is 2.33. The molecule has 0 bridgehead atoms. The standard InChI is InChI=1S/C18H20/c1-3-9-15(10-4-1)17-13-7-8-14-18(17)16-11-5-2-6-12-16/h1-6,9-12,17-18H,7-8,13-14H2/t17-,18-/m1/s1. The van der Waals surface area contributed by atoms with Gasteiger partial charge in [0.05, 0.1) is 0 Å². The van der Waals surface area contributed by atoms with Crippen molar-refractivity contribution in [2.24, 2.45) is 0 Å². The summed E-state index contributed by atoms with van der Waals surface area (Å²) in [5, 5.41) is 0. The Hall–Kier alpha value is -1.56. The van der Waals surface area contributed by atoms with Gasteiger partial charge in [-0.2, -0.15) is 0 Å². The maximum atomic E-state index is 2.30. The third-order valence-corrected chi connectivity index (χ3v) is 4.22. The number of rotatable bonds is 2. The van der Waals surface area contributed by atoms with E-state index in [1.165, 1.54) is 36.8 Å². The average molecular weight is 236 g/mol. The molecule has 0 aromatic heterocycles. The first-order valence-electron chi connectivity index (χ1n) is 7.05. The monoisotopic (exact) mass is 236 g/mol. The zero-order chi connectivity index (χ0) is 12.2. The Morgan fingerprint density at radius 3 is 1.33 bits per heavy atom. The van der Waals surface area contributed by atoms with E-state index >= 15 is 0 Å². The van der Waals surface area contributed by atoms with E-state index in [4.69, 9.17) is 0 Å². The average Bonchev–Trinajstić information content (AvgIpc) is 2.49. The maximum Gasteiger partial charge on any atom is -0.00931 e. The minimum atomic E-state index is 0.711. The largest absolute Gasteiger partial charge is 0.0622 e. The van der Waals surface area contributed by atoms with Crippen LogP contribution in [0.1, 0.15) is 48.6 Å². The van der Waals surface area contributed by atoms with Crippen LogP contribution in [0.25, 0.3) is 0 Å². The summed E-state index contributed by atoms with van der Waals surface area (Å²) >= 11 is 0. The Labute approximate surface area is 110 Å². The van der Waals surface area contributed by atoms with Crippen LogP contribution >= 0.6 is 0 Å². The molecule has 2 atom stereocenters. The van der Waals surface area contributed by atoms with Gasteiger partial charge in [0.1, 0.15) is 0 Å². The molecule has 2 aromatic rings. The Kier molecular flexibility index (Phi) is 3.45. The Bertz CT molecular complexity index is 424. The summed E-state index contributed by atoms with van der Waals surface area (Å²) in [6, 6.07) is 22.1. The lowest BCUT2D eigenvalue weighted by Crippen LogP contribution is -2.16. The fourth-order valence-electron chi connectivity index (χ4n) is 3.33. The van der Waals surface area contributed by atoms with Gasteiger partial charge in [-0.3, -0.25) is 0 Å².